The Labute approximate surface area is 175 Å². The van der Waals surface area contributed by atoms with Crippen LogP contribution in [0.1, 0.15) is 36.4 Å². The molecule has 10 heteroatoms. The van der Waals surface area contributed by atoms with Gasteiger partial charge < -0.3 is 20.4 Å². The number of nitrogens with zero attached hydrogens (tertiary/aromatic N) is 3. The number of amides is 1. The van der Waals surface area contributed by atoms with E-state index >= 15 is 0 Å². The zero-order valence-electron chi connectivity index (χ0n) is 15.6. The number of aromatic nitrogens is 4. The lowest BCUT2D eigenvalue weighted by Crippen LogP contribution is -2.30. The summed E-state index contributed by atoms with van der Waals surface area (Å²) < 4.78 is 7.36. The smallest absolute Gasteiger partial charge is 0.246 e. The molecule has 3 N–H and O–H groups in total. The Morgan fingerprint density at radius 1 is 1.39 bits per heavy atom. The van der Waals surface area contributed by atoms with Gasteiger partial charge in [0.1, 0.15) is 18.0 Å². The summed E-state index contributed by atoms with van der Waals surface area (Å²) >= 11 is 0. The number of anilines is 1. The molecule has 0 bridgehead atoms. The van der Waals surface area contributed by atoms with E-state index in [2.05, 4.69) is 25.7 Å². The van der Waals surface area contributed by atoms with Gasteiger partial charge in [0.15, 0.2) is 0 Å². The Morgan fingerprint density at radius 2 is 2.21 bits per heavy atom. The second kappa shape index (κ2) is 9.38. The number of hydrogen-bond acceptors (Lipinski definition) is 5. The third kappa shape index (κ3) is 4.47. The third-order valence-electron chi connectivity index (χ3n) is 4.61. The monoisotopic (exact) mass is 426 g/mol. The molecule has 1 amide bonds. The number of likely N-dealkylation sites (N-methyl/N-ethyl adjacent to an activating group) is 1. The molecule has 1 aromatic carbocycles. The van der Waals surface area contributed by atoms with Crippen LogP contribution in [0.25, 0.3) is 11.0 Å². The van der Waals surface area contributed by atoms with Crippen molar-refractivity contribution in [3.8, 4) is 0 Å². The Morgan fingerprint density at radius 3 is 2.86 bits per heavy atom. The van der Waals surface area contributed by atoms with E-state index in [0.29, 0.717) is 5.69 Å². The van der Waals surface area contributed by atoms with Gasteiger partial charge in [0.05, 0.1) is 17.2 Å². The van der Waals surface area contributed by atoms with Crippen molar-refractivity contribution in [2.24, 2.45) is 7.05 Å². The summed E-state index contributed by atoms with van der Waals surface area (Å²) in [4.78, 5) is 20.6. The van der Waals surface area contributed by atoms with Gasteiger partial charge in [-0.15, -0.1) is 24.8 Å². The van der Waals surface area contributed by atoms with Crippen LogP contribution in [0.15, 0.2) is 30.6 Å². The number of H-pyrrole nitrogens is 1. The molecule has 2 unspecified atom stereocenters. The lowest BCUT2D eigenvalue weighted by atomic mass is 10.1. The SMILES string of the molecule is CNC(C(=O)Nc1ccc2nc(C3CCCO3)[nH]c2c1)c1cnn(C)c1.Cl.Cl. The van der Waals surface area contributed by atoms with Crippen molar-refractivity contribution in [3.05, 3.63) is 42.0 Å². The fourth-order valence-electron chi connectivity index (χ4n) is 3.31. The van der Waals surface area contributed by atoms with Gasteiger partial charge in [0.2, 0.25) is 5.91 Å². The first kappa shape index (κ1) is 22.2. The van der Waals surface area contributed by atoms with Crippen molar-refractivity contribution >= 4 is 47.4 Å². The fourth-order valence-corrected chi connectivity index (χ4v) is 3.31. The molecule has 0 radical (unpaired) electrons. The number of carbonyl (C=O) groups is 1. The maximum atomic E-state index is 12.6. The van der Waals surface area contributed by atoms with E-state index in [0.717, 1.165) is 41.9 Å². The van der Waals surface area contributed by atoms with Crippen LogP contribution in [0.5, 0.6) is 0 Å². The van der Waals surface area contributed by atoms with Crippen molar-refractivity contribution in [2.45, 2.75) is 25.0 Å². The number of nitrogens with one attached hydrogen (secondary N) is 3. The molecule has 8 nitrogen and oxygen atoms in total. The van der Waals surface area contributed by atoms with Gasteiger partial charge in [-0.05, 0) is 38.1 Å². The van der Waals surface area contributed by atoms with Crippen LogP contribution >= 0.6 is 24.8 Å². The van der Waals surface area contributed by atoms with E-state index in [4.69, 9.17) is 4.74 Å². The van der Waals surface area contributed by atoms with Gasteiger partial charge in [0.25, 0.3) is 0 Å². The zero-order valence-corrected chi connectivity index (χ0v) is 17.3. The predicted octanol–water partition coefficient (Wildman–Crippen LogP) is 2.89. The molecule has 2 atom stereocenters. The van der Waals surface area contributed by atoms with Gasteiger partial charge in [0, 0.05) is 31.1 Å². The number of halogens is 2. The summed E-state index contributed by atoms with van der Waals surface area (Å²) in [5.41, 5.74) is 3.28. The first-order valence-electron chi connectivity index (χ1n) is 8.72. The van der Waals surface area contributed by atoms with Gasteiger partial charge in [-0.1, -0.05) is 0 Å². The molecule has 1 fully saturated rings. The molecule has 0 spiro atoms. The molecule has 3 heterocycles. The molecular formula is C18H24Cl2N6O2. The highest BCUT2D eigenvalue weighted by atomic mass is 35.5. The first-order valence-corrected chi connectivity index (χ1v) is 8.72. The topological polar surface area (TPSA) is 96.9 Å². The number of carbonyl (C=O) groups excluding carboxylic acids is 1. The second-order valence-electron chi connectivity index (χ2n) is 6.51. The highest BCUT2D eigenvalue weighted by Crippen LogP contribution is 2.28. The highest BCUT2D eigenvalue weighted by Gasteiger charge is 2.22. The minimum atomic E-state index is -0.469. The van der Waals surface area contributed by atoms with Crippen LogP contribution in [0.3, 0.4) is 0 Å². The molecule has 0 saturated carbocycles. The number of benzene rings is 1. The highest BCUT2D eigenvalue weighted by molar-refractivity contribution is 5.97. The molecule has 1 aliphatic rings. The average molecular weight is 427 g/mol. The molecule has 4 rings (SSSR count). The zero-order chi connectivity index (χ0) is 18.1. The molecule has 1 aliphatic heterocycles. The molecule has 152 valence electrons. The Hall–Kier alpha value is -2.13. The van der Waals surface area contributed by atoms with E-state index < -0.39 is 6.04 Å². The third-order valence-corrected chi connectivity index (χ3v) is 4.61. The molecule has 1 saturated heterocycles. The van der Waals surface area contributed by atoms with Crippen LogP contribution < -0.4 is 10.6 Å². The van der Waals surface area contributed by atoms with Crippen LogP contribution in [0.2, 0.25) is 0 Å². The number of ether oxygens (including phenoxy) is 1. The summed E-state index contributed by atoms with van der Waals surface area (Å²) in [6, 6.07) is 5.19. The molecule has 3 aromatic rings. The Balaban J connectivity index is 0.00000140. The van der Waals surface area contributed by atoms with Crippen molar-refractivity contribution in [1.82, 2.24) is 25.1 Å². The summed E-state index contributed by atoms with van der Waals surface area (Å²) in [7, 11) is 3.58. The minimum absolute atomic E-state index is 0. The van der Waals surface area contributed by atoms with Crippen molar-refractivity contribution in [2.75, 3.05) is 19.0 Å². The van der Waals surface area contributed by atoms with E-state index in [1.807, 2.05) is 31.4 Å². The number of hydrogen-bond donors (Lipinski definition) is 3. The van der Waals surface area contributed by atoms with Gasteiger partial charge in [-0.25, -0.2) is 4.98 Å². The van der Waals surface area contributed by atoms with Crippen molar-refractivity contribution in [1.29, 1.82) is 0 Å². The summed E-state index contributed by atoms with van der Waals surface area (Å²) in [5, 5.41) is 10.1. The first-order chi connectivity index (χ1) is 12.6. The molecular weight excluding hydrogens is 403 g/mol. The number of rotatable bonds is 5. The van der Waals surface area contributed by atoms with E-state index in [1.54, 1.807) is 17.9 Å². The maximum Gasteiger partial charge on any atom is 0.246 e. The lowest BCUT2D eigenvalue weighted by molar-refractivity contribution is -0.118. The summed E-state index contributed by atoms with van der Waals surface area (Å²) in [6.07, 6.45) is 5.60. The maximum absolute atomic E-state index is 12.6. The lowest BCUT2D eigenvalue weighted by Gasteiger charge is -2.14. The molecule has 0 aliphatic carbocycles. The summed E-state index contributed by atoms with van der Waals surface area (Å²) in [6.45, 7) is 0.781. The Bertz CT molecular complexity index is 935. The van der Waals surface area contributed by atoms with Gasteiger partial charge in [-0.3, -0.25) is 9.48 Å². The number of fused-ring (bicyclic) bond motifs is 1. The van der Waals surface area contributed by atoms with E-state index in [9.17, 15) is 4.79 Å². The normalized spacial score (nSPS) is 17.0. The van der Waals surface area contributed by atoms with E-state index in [-0.39, 0.29) is 36.8 Å². The fraction of sp³-hybridized carbons (Fsp3) is 0.389. The van der Waals surface area contributed by atoms with Gasteiger partial charge in [-0.2, -0.15) is 5.10 Å². The number of imidazole rings is 1. The van der Waals surface area contributed by atoms with Crippen LogP contribution in [0.4, 0.5) is 5.69 Å². The average Bonchev–Trinajstić information content (AvgIpc) is 3.35. The standard InChI is InChI=1S/C18H22N6O2.2ClH/c1-19-16(11-9-20-24(2)10-11)18(25)21-12-5-6-13-14(8-12)23-17(22-13)15-4-3-7-26-15;;/h5-6,8-10,15-16,19H,3-4,7H2,1-2H3,(H,21,25)(H,22,23);2*1H. The predicted molar refractivity (Wildman–Crippen MR) is 112 cm³/mol. The van der Waals surface area contributed by atoms with Crippen LogP contribution in [0, 0.1) is 0 Å². The number of aromatic amines is 1. The Kier molecular flexibility index (Phi) is 7.42. The van der Waals surface area contributed by atoms with Crippen LogP contribution in [-0.4, -0.2) is 39.3 Å². The summed E-state index contributed by atoms with van der Waals surface area (Å²) in [5.74, 6) is 0.711. The van der Waals surface area contributed by atoms with Crippen molar-refractivity contribution < 1.29 is 9.53 Å². The van der Waals surface area contributed by atoms with E-state index in [1.165, 1.54) is 0 Å². The quantitative estimate of drug-likeness (QED) is 0.582. The van der Waals surface area contributed by atoms with Gasteiger partial charge >= 0.3 is 0 Å². The minimum Gasteiger partial charge on any atom is -0.370 e. The second-order valence-corrected chi connectivity index (χ2v) is 6.51. The molecule has 2 aromatic heterocycles. The van der Waals surface area contributed by atoms with Crippen molar-refractivity contribution in [3.63, 3.8) is 0 Å². The molecule has 28 heavy (non-hydrogen) atoms. The number of aryl methyl sites for hydroxylation is 1. The largest absolute Gasteiger partial charge is 0.370 e. The van der Waals surface area contributed by atoms with Crippen LogP contribution in [-0.2, 0) is 16.6 Å².